The first-order valence-corrected chi connectivity index (χ1v) is 9.02. The lowest BCUT2D eigenvalue weighted by molar-refractivity contribution is 0.310. The van der Waals surface area contributed by atoms with Gasteiger partial charge in [-0.05, 0) is 37.0 Å². The van der Waals surface area contributed by atoms with Gasteiger partial charge in [0.1, 0.15) is 17.9 Å². The van der Waals surface area contributed by atoms with Gasteiger partial charge in [-0.1, -0.05) is 43.7 Å². The third kappa shape index (κ3) is 4.92. The van der Waals surface area contributed by atoms with E-state index in [2.05, 4.69) is 52.5 Å². The average molecular weight is 335 g/mol. The molecule has 4 heteroatoms. The maximum Gasteiger partial charge on any atom is 0.137 e. The molecule has 25 heavy (non-hydrogen) atoms. The lowest BCUT2D eigenvalue weighted by atomic mass is 10.1. The van der Waals surface area contributed by atoms with E-state index in [0.29, 0.717) is 0 Å². The van der Waals surface area contributed by atoms with Crippen LogP contribution in [-0.2, 0) is 6.42 Å². The second kappa shape index (κ2) is 9.02. The molecule has 3 aromatic rings. The lowest BCUT2D eigenvalue weighted by Gasteiger charge is -2.10. The molecule has 4 nitrogen and oxygen atoms in total. The second-order valence-corrected chi connectivity index (χ2v) is 6.12. The van der Waals surface area contributed by atoms with Gasteiger partial charge in [-0.3, -0.25) is 0 Å². The number of aromatic nitrogens is 2. The molecular weight excluding hydrogens is 310 g/mol. The van der Waals surface area contributed by atoms with E-state index in [-0.39, 0.29) is 0 Å². The Morgan fingerprint density at radius 1 is 1.00 bits per heavy atom. The van der Waals surface area contributed by atoms with Crippen LogP contribution in [0.5, 0.6) is 5.75 Å². The predicted octanol–water partition coefficient (Wildman–Crippen LogP) is 4.85. The third-order valence-corrected chi connectivity index (χ3v) is 4.15. The summed E-state index contributed by atoms with van der Waals surface area (Å²) in [5, 5.41) is 4.47. The molecule has 2 aromatic carbocycles. The quantitative estimate of drug-likeness (QED) is 0.568. The number of rotatable bonds is 9. The summed E-state index contributed by atoms with van der Waals surface area (Å²) < 4.78 is 5.76. The number of benzene rings is 2. The van der Waals surface area contributed by atoms with Crippen LogP contribution in [0.15, 0.2) is 54.9 Å². The van der Waals surface area contributed by atoms with E-state index >= 15 is 0 Å². The van der Waals surface area contributed by atoms with Crippen molar-refractivity contribution in [2.75, 3.05) is 18.5 Å². The number of nitrogens with zero attached hydrogens (tertiary/aromatic N) is 2. The first-order valence-electron chi connectivity index (χ1n) is 9.02. The van der Waals surface area contributed by atoms with Crippen LogP contribution >= 0.6 is 0 Å². The number of aryl methyl sites for hydroxylation is 1. The molecule has 0 saturated heterocycles. The maximum atomic E-state index is 5.76. The van der Waals surface area contributed by atoms with Crippen LogP contribution in [0.4, 0.5) is 5.82 Å². The molecule has 3 rings (SSSR count). The van der Waals surface area contributed by atoms with Crippen LogP contribution in [-0.4, -0.2) is 23.1 Å². The Labute approximate surface area is 149 Å². The number of nitrogens with one attached hydrogen (secondary N) is 1. The van der Waals surface area contributed by atoms with Crippen LogP contribution in [0.25, 0.3) is 10.9 Å². The Kier molecular flexibility index (Phi) is 6.21. The monoisotopic (exact) mass is 335 g/mol. The summed E-state index contributed by atoms with van der Waals surface area (Å²) >= 11 is 0. The first kappa shape index (κ1) is 17.2. The van der Waals surface area contributed by atoms with E-state index in [1.54, 1.807) is 6.33 Å². The number of fused-ring (bicyclic) bond motifs is 1. The molecule has 1 aromatic heterocycles. The molecule has 0 saturated carbocycles. The lowest BCUT2D eigenvalue weighted by Crippen LogP contribution is -2.05. The molecule has 0 spiro atoms. The second-order valence-electron chi connectivity index (χ2n) is 6.12. The van der Waals surface area contributed by atoms with Crippen molar-refractivity contribution in [3.8, 4) is 5.75 Å². The number of unbranched alkanes of at least 4 members (excludes halogenated alkanes) is 1. The first-order chi connectivity index (χ1) is 12.4. The van der Waals surface area contributed by atoms with Crippen LogP contribution in [0.1, 0.15) is 31.7 Å². The topological polar surface area (TPSA) is 47.0 Å². The summed E-state index contributed by atoms with van der Waals surface area (Å²) in [5.74, 6) is 1.76. The van der Waals surface area contributed by atoms with Crippen molar-refractivity contribution in [1.29, 1.82) is 0 Å². The zero-order valence-electron chi connectivity index (χ0n) is 14.7. The standard InChI is InChI=1S/C21H25N3O/c1-2-3-14-25-18-11-12-19-20(15-18)23-16-24-21(19)22-13-7-10-17-8-5-4-6-9-17/h4-6,8-9,11-12,15-16H,2-3,7,10,13-14H2,1H3,(H,22,23,24). The highest BCUT2D eigenvalue weighted by molar-refractivity contribution is 5.89. The van der Waals surface area contributed by atoms with Gasteiger partial charge in [-0.2, -0.15) is 0 Å². The van der Waals surface area contributed by atoms with Crippen molar-refractivity contribution in [3.63, 3.8) is 0 Å². The van der Waals surface area contributed by atoms with Gasteiger partial charge in [0.25, 0.3) is 0 Å². The van der Waals surface area contributed by atoms with Crippen LogP contribution in [0.3, 0.4) is 0 Å². The summed E-state index contributed by atoms with van der Waals surface area (Å²) in [4.78, 5) is 8.77. The predicted molar refractivity (Wildman–Crippen MR) is 103 cm³/mol. The minimum absolute atomic E-state index is 0.748. The number of hydrogen-bond acceptors (Lipinski definition) is 4. The fourth-order valence-corrected chi connectivity index (χ4v) is 2.75. The van der Waals surface area contributed by atoms with E-state index < -0.39 is 0 Å². The summed E-state index contributed by atoms with van der Waals surface area (Å²) in [5.41, 5.74) is 2.28. The average Bonchev–Trinajstić information content (AvgIpc) is 2.66. The molecule has 0 aliphatic heterocycles. The molecule has 0 aliphatic rings. The molecule has 0 bridgehead atoms. The van der Waals surface area contributed by atoms with E-state index in [4.69, 9.17) is 4.74 Å². The van der Waals surface area contributed by atoms with Crippen LogP contribution in [0.2, 0.25) is 0 Å². The molecule has 130 valence electrons. The van der Waals surface area contributed by atoms with Gasteiger partial charge in [0.15, 0.2) is 0 Å². The number of hydrogen-bond donors (Lipinski definition) is 1. The van der Waals surface area contributed by atoms with Crippen molar-refractivity contribution >= 4 is 16.7 Å². The largest absolute Gasteiger partial charge is 0.494 e. The summed E-state index contributed by atoms with van der Waals surface area (Å²) in [7, 11) is 0. The van der Waals surface area contributed by atoms with Crippen molar-refractivity contribution in [3.05, 3.63) is 60.4 Å². The fraction of sp³-hybridized carbons (Fsp3) is 0.333. The van der Waals surface area contributed by atoms with Crippen molar-refractivity contribution in [1.82, 2.24) is 9.97 Å². The van der Waals surface area contributed by atoms with Gasteiger partial charge < -0.3 is 10.1 Å². The Morgan fingerprint density at radius 3 is 2.72 bits per heavy atom. The molecule has 0 radical (unpaired) electrons. The third-order valence-electron chi connectivity index (χ3n) is 4.15. The molecule has 0 unspecified atom stereocenters. The van der Waals surface area contributed by atoms with E-state index in [9.17, 15) is 0 Å². The molecule has 1 N–H and O–H groups in total. The number of anilines is 1. The minimum Gasteiger partial charge on any atom is -0.494 e. The summed E-state index contributed by atoms with van der Waals surface area (Å²) in [6, 6.07) is 16.6. The summed E-state index contributed by atoms with van der Waals surface area (Å²) in [6.07, 6.45) is 5.93. The highest BCUT2D eigenvalue weighted by Crippen LogP contribution is 2.24. The Balaban J connectivity index is 1.59. The summed E-state index contributed by atoms with van der Waals surface area (Å²) in [6.45, 7) is 3.79. The number of ether oxygens (including phenoxy) is 1. The molecule has 0 aliphatic carbocycles. The van der Waals surface area contributed by atoms with E-state index in [0.717, 1.165) is 61.3 Å². The fourth-order valence-electron chi connectivity index (χ4n) is 2.75. The Morgan fingerprint density at radius 2 is 1.88 bits per heavy atom. The Bertz CT molecular complexity index is 790. The minimum atomic E-state index is 0.748. The smallest absolute Gasteiger partial charge is 0.137 e. The Hall–Kier alpha value is -2.62. The van der Waals surface area contributed by atoms with Gasteiger partial charge in [0, 0.05) is 18.0 Å². The zero-order chi connectivity index (χ0) is 17.3. The van der Waals surface area contributed by atoms with Crippen LogP contribution < -0.4 is 10.1 Å². The molecular formula is C21H25N3O. The SMILES string of the molecule is CCCCOc1ccc2c(NCCCc3ccccc3)ncnc2c1. The normalized spacial score (nSPS) is 10.8. The van der Waals surface area contributed by atoms with E-state index in [1.165, 1.54) is 5.56 Å². The highest BCUT2D eigenvalue weighted by atomic mass is 16.5. The molecule has 0 amide bonds. The van der Waals surface area contributed by atoms with Crippen molar-refractivity contribution in [2.45, 2.75) is 32.6 Å². The van der Waals surface area contributed by atoms with Gasteiger partial charge in [-0.15, -0.1) is 0 Å². The van der Waals surface area contributed by atoms with Gasteiger partial charge >= 0.3 is 0 Å². The van der Waals surface area contributed by atoms with Gasteiger partial charge in [0.05, 0.1) is 12.1 Å². The van der Waals surface area contributed by atoms with Crippen LogP contribution in [0, 0.1) is 0 Å². The molecule has 0 fully saturated rings. The van der Waals surface area contributed by atoms with Gasteiger partial charge in [-0.25, -0.2) is 9.97 Å². The maximum absolute atomic E-state index is 5.76. The highest BCUT2D eigenvalue weighted by Gasteiger charge is 2.05. The van der Waals surface area contributed by atoms with Gasteiger partial charge in [0.2, 0.25) is 0 Å². The van der Waals surface area contributed by atoms with Crippen molar-refractivity contribution in [2.24, 2.45) is 0 Å². The van der Waals surface area contributed by atoms with E-state index in [1.807, 2.05) is 18.2 Å². The molecule has 1 heterocycles. The molecule has 0 atom stereocenters. The zero-order valence-corrected chi connectivity index (χ0v) is 14.7. The van der Waals surface area contributed by atoms with Crippen molar-refractivity contribution < 1.29 is 4.74 Å².